The maximum Gasteiger partial charge on any atom is 0.160 e. The van der Waals surface area contributed by atoms with Crippen molar-refractivity contribution in [3.05, 3.63) is 329 Å². The van der Waals surface area contributed by atoms with Gasteiger partial charge in [-0.3, -0.25) is 0 Å². The Hall–Kier alpha value is -11.1. The second-order valence-corrected chi connectivity index (χ2v) is 25.3. The maximum absolute atomic E-state index is 7.63. The molecule has 0 saturated heterocycles. The number of fused-ring (bicyclic) bond motifs is 22. The van der Waals surface area contributed by atoms with Crippen LogP contribution in [0.15, 0.2) is 297 Å². The maximum atomic E-state index is 7.63. The predicted octanol–water partition coefficient (Wildman–Crippen LogP) is 22.8. The van der Waals surface area contributed by atoms with Crippen LogP contribution in [0.2, 0.25) is 0 Å². The number of nitrogens with zero attached hydrogens (tertiary/aromatic N) is 1. The summed E-state index contributed by atoms with van der Waals surface area (Å²) < 4.78 is 29.7. The summed E-state index contributed by atoms with van der Waals surface area (Å²) in [5.41, 5.74) is 21.9. The van der Waals surface area contributed by atoms with E-state index in [0.29, 0.717) is 0 Å². The Kier molecular flexibility index (Phi) is 10.2. The highest BCUT2D eigenvalue weighted by Crippen LogP contribution is 2.66. The normalized spacial score (nSPS) is 14.0. The molecule has 0 saturated carbocycles. The van der Waals surface area contributed by atoms with Crippen molar-refractivity contribution < 1.29 is 17.7 Å². The first kappa shape index (κ1) is 50.1. The minimum atomic E-state index is -0.856. The van der Waals surface area contributed by atoms with Gasteiger partial charge in [-0.15, -0.1) is 0 Å². The van der Waals surface area contributed by atoms with Crippen LogP contribution in [0, 0.1) is 0 Å². The van der Waals surface area contributed by atoms with Crippen LogP contribution in [0.4, 0.5) is 17.1 Å². The third-order valence-electron chi connectivity index (χ3n) is 19.8. The van der Waals surface area contributed by atoms with Gasteiger partial charge >= 0.3 is 0 Å². The molecule has 0 bridgehead atoms. The highest BCUT2D eigenvalue weighted by molar-refractivity contribution is 6.27. The quantitative estimate of drug-likeness (QED) is 0.159. The van der Waals surface area contributed by atoms with Crippen LogP contribution in [-0.4, -0.2) is 0 Å². The van der Waals surface area contributed by atoms with Crippen LogP contribution in [0.1, 0.15) is 70.8 Å². The van der Waals surface area contributed by atoms with Crippen molar-refractivity contribution in [2.45, 2.75) is 37.0 Å². The zero-order valence-corrected chi connectivity index (χ0v) is 49.1. The van der Waals surface area contributed by atoms with E-state index in [9.17, 15) is 0 Å². The lowest BCUT2D eigenvalue weighted by molar-refractivity contribution is 0.590. The Labute approximate surface area is 512 Å². The monoisotopic (exact) mass is 1140 g/mol. The van der Waals surface area contributed by atoms with Crippen LogP contribution < -0.4 is 4.90 Å². The van der Waals surface area contributed by atoms with Crippen LogP contribution in [0.5, 0.6) is 0 Å². The Bertz CT molecular complexity index is 5350. The number of benzene rings is 13. The molecule has 0 unspecified atom stereocenters. The van der Waals surface area contributed by atoms with Crippen molar-refractivity contribution in [2.24, 2.45) is 0 Å². The fourth-order valence-electron chi connectivity index (χ4n) is 16.0. The SMILES string of the molecule is CC(C)(C)c1ccc(N(c2cc3c(c4c2oc2ccccc24)-c2c(ccc4c2oc2ccccc24)C3(c2ccccc2)c2ccccc2)c2cc3c(c4c2oc2ccccc24)-c2c(ccc4c2oc2ccccc24)C3(c2ccccc2)c2ccccc2)cc1. The van der Waals surface area contributed by atoms with Crippen LogP contribution in [-0.2, 0) is 16.2 Å². The molecule has 5 heteroatoms. The van der Waals surface area contributed by atoms with E-state index in [1.807, 2.05) is 0 Å². The van der Waals surface area contributed by atoms with E-state index in [0.717, 1.165) is 172 Å². The number of rotatable bonds is 7. The van der Waals surface area contributed by atoms with E-state index in [-0.39, 0.29) is 5.41 Å². The average Bonchev–Trinajstić information content (AvgIpc) is 1.54. The summed E-state index contributed by atoms with van der Waals surface area (Å²) in [4.78, 5) is 2.46. The van der Waals surface area contributed by atoms with Gasteiger partial charge in [-0.2, -0.15) is 0 Å². The molecule has 13 aromatic carbocycles. The summed E-state index contributed by atoms with van der Waals surface area (Å²) in [5, 5.41) is 8.35. The lowest BCUT2D eigenvalue weighted by Gasteiger charge is -2.36. The predicted molar refractivity (Wildman–Crippen MR) is 364 cm³/mol. The first-order valence-corrected chi connectivity index (χ1v) is 30.8. The molecule has 19 rings (SSSR count). The Morgan fingerprint density at radius 2 is 0.607 bits per heavy atom. The molecule has 17 aromatic rings. The van der Waals surface area contributed by atoms with Crippen molar-refractivity contribution >= 4 is 105 Å². The minimum Gasteiger partial charge on any atom is -0.455 e. The molecule has 5 nitrogen and oxygen atoms in total. The lowest BCUT2D eigenvalue weighted by Crippen LogP contribution is -2.29. The Balaban J connectivity index is 1.03. The Morgan fingerprint density at radius 1 is 0.281 bits per heavy atom. The summed E-state index contributed by atoms with van der Waals surface area (Å²) in [5.74, 6) is 0. The second kappa shape index (κ2) is 18.2. The highest BCUT2D eigenvalue weighted by atomic mass is 16.3. The van der Waals surface area contributed by atoms with E-state index in [2.05, 4.69) is 305 Å². The fourth-order valence-corrected chi connectivity index (χ4v) is 16.0. The standard InChI is InChI=1S/C84H55NO4/c1-82(2,3)50-40-42-55(43-41-50)85(66-48-64-74(72-60-34-18-22-38-70(60)88-80(66)72)76-62(46-44-58-56-32-16-20-36-68(56)86-78(58)76)83(64,51-24-8-4-9-25-51)52-26-10-5-11-27-52)67-49-65-75(73-61-35-19-23-39-71(61)89-81(67)73)77-63(47-45-59-57-33-17-21-37-69(57)87-79(59)77)84(65,53-28-12-6-13-29-53)54-30-14-7-15-31-54/h4-49H,1-3H3. The van der Waals surface area contributed by atoms with Crippen LogP contribution in [0.25, 0.3) is 110 Å². The summed E-state index contributed by atoms with van der Waals surface area (Å²) in [6.45, 7) is 6.84. The smallest absolute Gasteiger partial charge is 0.160 e. The van der Waals surface area contributed by atoms with E-state index in [1.54, 1.807) is 0 Å². The van der Waals surface area contributed by atoms with Gasteiger partial charge in [0.1, 0.15) is 33.5 Å². The van der Waals surface area contributed by atoms with E-state index in [4.69, 9.17) is 17.7 Å². The van der Waals surface area contributed by atoms with Crippen LogP contribution >= 0.6 is 0 Å². The van der Waals surface area contributed by atoms with Gasteiger partial charge in [-0.25, -0.2) is 0 Å². The van der Waals surface area contributed by atoms with Crippen molar-refractivity contribution in [3.63, 3.8) is 0 Å². The van der Waals surface area contributed by atoms with Gasteiger partial charge in [-0.05, 0) is 104 Å². The molecule has 4 heterocycles. The van der Waals surface area contributed by atoms with Gasteiger partial charge < -0.3 is 22.6 Å². The van der Waals surface area contributed by atoms with Gasteiger partial charge in [0.15, 0.2) is 11.2 Å². The highest BCUT2D eigenvalue weighted by Gasteiger charge is 2.52. The number of furan rings is 4. The lowest BCUT2D eigenvalue weighted by atomic mass is 9.67. The summed E-state index contributed by atoms with van der Waals surface area (Å²) in [7, 11) is 0. The third kappa shape index (κ3) is 6.63. The van der Waals surface area contributed by atoms with Gasteiger partial charge in [0.05, 0.1) is 22.2 Å². The first-order chi connectivity index (χ1) is 43.8. The summed E-state index contributed by atoms with van der Waals surface area (Å²) in [6, 6.07) is 102. The molecule has 0 amide bonds. The Morgan fingerprint density at radius 3 is 0.978 bits per heavy atom. The molecule has 89 heavy (non-hydrogen) atoms. The van der Waals surface area contributed by atoms with E-state index in [1.165, 1.54) is 5.56 Å². The molecule has 0 spiro atoms. The third-order valence-corrected chi connectivity index (χ3v) is 19.8. The van der Waals surface area contributed by atoms with Crippen LogP contribution in [0.3, 0.4) is 0 Å². The molecule has 0 aliphatic heterocycles. The molecule has 420 valence electrons. The number of hydrogen-bond donors (Lipinski definition) is 0. The van der Waals surface area contributed by atoms with Crippen molar-refractivity contribution in [1.82, 2.24) is 0 Å². The number of hydrogen-bond acceptors (Lipinski definition) is 5. The molecule has 2 aliphatic carbocycles. The molecular weight excluding hydrogens is 1090 g/mol. The first-order valence-electron chi connectivity index (χ1n) is 30.8. The van der Waals surface area contributed by atoms with Crippen molar-refractivity contribution in [3.8, 4) is 22.3 Å². The largest absolute Gasteiger partial charge is 0.455 e. The van der Waals surface area contributed by atoms with Gasteiger partial charge in [0, 0.05) is 71.0 Å². The van der Waals surface area contributed by atoms with Gasteiger partial charge in [0.25, 0.3) is 0 Å². The van der Waals surface area contributed by atoms with Crippen molar-refractivity contribution in [1.29, 1.82) is 0 Å². The zero-order valence-electron chi connectivity index (χ0n) is 49.1. The molecule has 0 fully saturated rings. The zero-order chi connectivity index (χ0) is 58.9. The summed E-state index contributed by atoms with van der Waals surface area (Å²) in [6.07, 6.45) is 0. The second-order valence-electron chi connectivity index (χ2n) is 25.3. The number of para-hydroxylation sites is 4. The molecule has 0 atom stereocenters. The molecular formula is C84H55NO4. The average molecular weight is 1140 g/mol. The minimum absolute atomic E-state index is 0.125. The van der Waals surface area contributed by atoms with E-state index >= 15 is 0 Å². The van der Waals surface area contributed by atoms with Gasteiger partial charge in [0.2, 0.25) is 0 Å². The van der Waals surface area contributed by atoms with Crippen molar-refractivity contribution in [2.75, 3.05) is 4.90 Å². The molecule has 2 aliphatic rings. The topological polar surface area (TPSA) is 55.8 Å². The summed E-state index contributed by atoms with van der Waals surface area (Å²) >= 11 is 0. The molecule has 4 aromatic heterocycles. The fraction of sp³-hybridized carbons (Fsp3) is 0.0714. The van der Waals surface area contributed by atoms with Gasteiger partial charge in [-0.1, -0.05) is 251 Å². The molecule has 0 radical (unpaired) electrons. The van der Waals surface area contributed by atoms with E-state index < -0.39 is 10.8 Å². The number of anilines is 3. The molecule has 0 N–H and O–H groups in total.